The van der Waals surface area contributed by atoms with Crippen molar-refractivity contribution in [3.8, 4) is 0 Å². The molecule has 1 aliphatic heterocycles. The van der Waals surface area contributed by atoms with Gasteiger partial charge in [-0.2, -0.15) is 0 Å². The van der Waals surface area contributed by atoms with Crippen LogP contribution in [0, 0.1) is 16.7 Å². The van der Waals surface area contributed by atoms with E-state index >= 15 is 0 Å². The Balaban J connectivity index is 2.04. The summed E-state index contributed by atoms with van der Waals surface area (Å²) in [6.45, 7) is 4.72. The number of hydrogen-bond acceptors (Lipinski definition) is 9. The van der Waals surface area contributed by atoms with Gasteiger partial charge in [0.1, 0.15) is 18.0 Å². The number of methoxy groups -OCH3 is 1. The summed E-state index contributed by atoms with van der Waals surface area (Å²) < 4.78 is 16.6. The molecule has 3 aliphatic carbocycles. The third-order valence-corrected chi connectivity index (χ3v) is 7.59. The van der Waals surface area contributed by atoms with Crippen LogP contribution in [0.2, 0.25) is 0 Å². The predicted molar refractivity (Wildman–Crippen MR) is 110 cm³/mol. The number of ether oxygens (including phenoxy) is 3. The minimum absolute atomic E-state index is 0.00974. The summed E-state index contributed by atoms with van der Waals surface area (Å²) in [6, 6.07) is 0. The minimum Gasteiger partial charge on any atom is -0.504 e. The summed E-state index contributed by atoms with van der Waals surface area (Å²) in [7, 11) is 1.44. The average molecular weight is 445 g/mol. The Morgan fingerprint density at radius 3 is 2.59 bits per heavy atom. The zero-order chi connectivity index (χ0) is 23.6. The number of carbonyl (C=O) groups is 4. The molecule has 0 aromatic rings. The van der Waals surface area contributed by atoms with Crippen LogP contribution in [0.3, 0.4) is 0 Å². The Morgan fingerprint density at radius 2 is 2.00 bits per heavy atom. The molecule has 1 heterocycles. The van der Waals surface area contributed by atoms with Gasteiger partial charge in [-0.25, -0.2) is 4.79 Å². The number of nitrogens with two attached hydrogens (primary N) is 1. The summed E-state index contributed by atoms with van der Waals surface area (Å²) in [4.78, 5) is 51.0. The first kappa shape index (κ1) is 22.3. The average Bonchev–Trinajstić information content (AvgIpc) is 3.01. The molecule has 0 aromatic heterocycles. The van der Waals surface area contributed by atoms with Crippen molar-refractivity contribution in [3.05, 3.63) is 34.3 Å². The standard InChI is InChI=1S/C23H27NO8/c1-10(25)31-13-7-22(2)12(5-6-14(22)26)16-18(13)23(3)15(9-30-4)32-21(29)11(8-24)17(23)20(28)19(16)27/h8,12-13,15,28H,5-7,9,24H2,1-4H3/b11-8+/t12-,13+,15+,22-,23-/m0/s1. The maximum Gasteiger partial charge on any atom is 0.340 e. The first-order valence-corrected chi connectivity index (χ1v) is 10.6. The van der Waals surface area contributed by atoms with Crippen LogP contribution in [0.25, 0.3) is 0 Å². The van der Waals surface area contributed by atoms with E-state index < -0.39 is 52.4 Å². The molecule has 0 bridgehead atoms. The van der Waals surface area contributed by atoms with Crippen molar-refractivity contribution < 1.29 is 38.5 Å². The van der Waals surface area contributed by atoms with Gasteiger partial charge in [0.25, 0.3) is 0 Å². The second-order valence-corrected chi connectivity index (χ2v) is 9.25. The molecular formula is C23H27NO8. The fourth-order valence-electron chi connectivity index (χ4n) is 6.12. The van der Waals surface area contributed by atoms with E-state index in [2.05, 4.69) is 0 Å². The van der Waals surface area contributed by atoms with Gasteiger partial charge in [0.05, 0.1) is 17.6 Å². The van der Waals surface area contributed by atoms with Gasteiger partial charge in [-0.05, 0) is 18.9 Å². The van der Waals surface area contributed by atoms with E-state index in [-0.39, 0.29) is 42.0 Å². The largest absolute Gasteiger partial charge is 0.504 e. The number of esters is 2. The number of ketones is 2. The number of rotatable bonds is 3. The molecule has 2 fully saturated rings. The smallest absolute Gasteiger partial charge is 0.340 e. The summed E-state index contributed by atoms with van der Waals surface area (Å²) in [5, 5.41) is 11.1. The molecule has 4 rings (SSSR count). The lowest BCUT2D eigenvalue weighted by atomic mass is 9.53. The monoisotopic (exact) mass is 445 g/mol. The highest BCUT2D eigenvalue weighted by molar-refractivity contribution is 6.14. The van der Waals surface area contributed by atoms with Gasteiger partial charge in [0.15, 0.2) is 5.76 Å². The Kier molecular flexibility index (Phi) is 5.08. The number of aliphatic hydroxyl groups is 1. The molecule has 3 N–H and O–H groups in total. The molecule has 0 radical (unpaired) electrons. The van der Waals surface area contributed by atoms with Crippen LogP contribution in [-0.2, 0) is 33.4 Å². The van der Waals surface area contributed by atoms with E-state index in [0.717, 1.165) is 6.20 Å². The van der Waals surface area contributed by atoms with Gasteiger partial charge in [0.2, 0.25) is 5.78 Å². The molecule has 4 aliphatic rings. The summed E-state index contributed by atoms with van der Waals surface area (Å²) in [6.07, 6.45) is 0.0922. The van der Waals surface area contributed by atoms with Crippen LogP contribution >= 0.6 is 0 Å². The van der Waals surface area contributed by atoms with Crippen molar-refractivity contribution in [1.82, 2.24) is 0 Å². The quantitative estimate of drug-likeness (QED) is 0.487. The second-order valence-electron chi connectivity index (χ2n) is 9.25. The highest BCUT2D eigenvalue weighted by Gasteiger charge is 2.64. The normalized spacial score (nSPS) is 37.8. The highest BCUT2D eigenvalue weighted by Crippen LogP contribution is 2.62. The van der Waals surface area contributed by atoms with Crippen molar-refractivity contribution in [2.45, 2.75) is 52.2 Å². The topological polar surface area (TPSA) is 142 Å². The van der Waals surface area contributed by atoms with Crippen molar-refractivity contribution in [3.63, 3.8) is 0 Å². The van der Waals surface area contributed by atoms with E-state index in [1.165, 1.54) is 14.0 Å². The van der Waals surface area contributed by atoms with E-state index in [1.807, 2.05) is 0 Å². The molecule has 1 saturated carbocycles. The molecule has 9 heteroatoms. The Hall–Kier alpha value is -2.94. The van der Waals surface area contributed by atoms with Crippen LogP contribution in [0.5, 0.6) is 0 Å². The zero-order valence-corrected chi connectivity index (χ0v) is 18.5. The van der Waals surface area contributed by atoms with Gasteiger partial charge in [-0.1, -0.05) is 6.92 Å². The van der Waals surface area contributed by atoms with Gasteiger partial charge < -0.3 is 25.1 Å². The fourth-order valence-corrected chi connectivity index (χ4v) is 6.12. The maximum absolute atomic E-state index is 13.5. The van der Waals surface area contributed by atoms with Crippen molar-refractivity contribution in [2.24, 2.45) is 22.5 Å². The third kappa shape index (κ3) is 2.73. The first-order chi connectivity index (χ1) is 15.0. The molecule has 0 amide bonds. The predicted octanol–water partition coefficient (Wildman–Crippen LogP) is 1.42. The number of allylic oxidation sites excluding steroid dienone is 1. The van der Waals surface area contributed by atoms with E-state index in [0.29, 0.717) is 12.0 Å². The highest BCUT2D eigenvalue weighted by atomic mass is 16.6. The van der Waals surface area contributed by atoms with Crippen molar-refractivity contribution in [1.29, 1.82) is 0 Å². The number of Topliss-reactive ketones (excluding diaryl/α,β-unsaturated/α-hetero) is 2. The van der Waals surface area contributed by atoms with Gasteiger partial charge in [-0.15, -0.1) is 0 Å². The lowest BCUT2D eigenvalue weighted by Crippen LogP contribution is -2.57. The molecule has 9 nitrogen and oxygen atoms in total. The molecular weight excluding hydrogens is 418 g/mol. The SMILES string of the molecule is COC[C@H]1OC(=O)/C(=C/N)C2=C(O)C(=O)C3=C([C@H](OC(C)=O)C[C@]4(C)C(=O)CC[C@@H]34)[C@]21C. The Morgan fingerprint density at radius 1 is 1.31 bits per heavy atom. The molecule has 0 unspecified atom stereocenters. The van der Waals surface area contributed by atoms with E-state index in [4.69, 9.17) is 19.9 Å². The van der Waals surface area contributed by atoms with E-state index in [9.17, 15) is 24.3 Å². The molecule has 0 spiro atoms. The lowest BCUT2D eigenvalue weighted by Gasteiger charge is -2.53. The number of hydrogen-bond donors (Lipinski definition) is 2. The lowest BCUT2D eigenvalue weighted by molar-refractivity contribution is -0.160. The van der Waals surface area contributed by atoms with Crippen LogP contribution in [-0.4, -0.2) is 54.5 Å². The summed E-state index contributed by atoms with van der Waals surface area (Å²) in [5.74, 6) is -3.10. The van der Waals surface area contributed by atoms with Crippen LogP contribution in [0.15, 0.2) is 34.3 Å². The molecule has 32 heavy (non-hydrogen) atoms. The van der Waals surface area contributed by atoms with Crippen LogP contribution in [0.1, 0.15) is 40.0 Å². The van der Waals surface area contributed by atoms with Gasteiger partial charge in [-0.3, -0.25) is 14.4 Å². The van der Waals surface area contributed by atoms with Gasteiger partial charge in [0, 0.05) is 55.6 Å². The van der Waals surface area contributed by atoms with E-state index in [1.54, 1.807) is 13.8 Å². The number of aliphatic hydroxyl groups excluding tert-OH is 1. The van der Waals surface area contributed by atoms with Gasteiger partial charge >= 0.3 is 11.9 Å². The number of carbonyl (C=O) groups excluding carboxylic acids is 4. The minimum atomic E-state index is -1.25. The Bertz CT molecular complexity index is 1040. The maximum atomic E-state index is 13.5. The second kappa shape index (κ2) is 7.30. The van der Waals surface area contributed by atoms with Crippen LogP contribution < -0.4 is 5.73 Å². The van der Waals surface area contributed by atoms with Crippen molar-refractivity contribution in [2.75, 3.05) is 13.7 Å². The number of fused-ring (bicyclic) bond motifs is 4. The third-order valence-electron chi connectivity index (χ3n) is 7.59. The van der Waals surface area contributed by atoms with Crippen LogP contribution in [0.4, 0.5) is 0 Å². The Labute approximate surface area is 185 Å². The molecule has 1 saturated heterocycles. The summed E-state index contributed by atoms with van der Waals surface area (Å²) in [5.41, 5.74) is 4.14. The number of cyclic esters (lactones) is 1. The molecule has 172 valence electrons. The fraction of sp³-hybridized carbons (Fsp3) is 0.565. The van der Waals surface area contributed by atoms with Crippen molar-refractivity contribution >= 4 is 23.5 Å². The first-order valence-electron chi connectivity index (χ1n) is 10.6. The summed E-state index contributed by atoms with van der Waals surface area (Å²) >= 11 is 0. The molecule has 5 atom stereocenters. The zero-order valence-electron chi connectivity index (χ0n) is 18.5. The molecule has 0 aromatic carbocycles.